The number of amides is 1. The first-order valence-corrected chi connectivity index (χ1v) is 9.57. The summed E-state index contributed by atoms with van der Waals surface area (Å²) in [5.74, 6) is -0.0549. The first-order valence-electron chi connectivity index (χ1n) is 8.69. The molecular formula is C20H19N3O2S. The van der Waals surface area contributed by atoms with Crippen LogP contribution in [-0.4, -0.2) is 27.1 Å². The highest BCUT2D eigenvalue weighted by atomic mass is 32.1. The van der Waals surface area contributed by atoms with Crippen molar-refractivity contribution in [2.45, 2.75) is 25.4 Å². The second-order valence-electron chi connectivity index (χ2n) is 6.34. The maximum Gasteiger partial charge on any atom is 0.267 e. The molecule has 1 atom stereocenters. The van der Waals surface area contributed by atoms with Gasteiger partial charge in [-0.3, -0.25) is 9.59 Å². The molecule has 132 valence electrons. The fourth-order valence-corrected chi connectivity index (χ4v) is 4.26. The SMILES string of the molecule is O=C(Cn1nc(-c2ccccc2)ccc1=O)N1CCC[C@H]1c1cccs1. The molecule has 0 unspecified atom stereocenters. The van der Waals surface area contributed by atoms with Crippen LogP contribution in [0.25, 0.3) is 11.3 Å². The van der Waals surface area contributed by atoms with E-state index in [0.29, 0.717) is 5.69 Å². The van der Waals surface area contributed by atoms with Gasteiger partial charge in [-0.1, -0.05) is 36.4 Å². The predicted molar refractivity (Wildman–Crippen MR) is 102 cm³/mol. The lowest BCUT2D eigenvalue weighted by atomic mass is 10.1. The van der Waals surface area contributed by atoms with E-state index in [9.17, 15) is 9.59 Å². The third-order valence-corrected chi connectivity index (χ3v) is 5.64. The molecule has 1 amide bonds. The smallest absolute Gasteiger partial charge is 0.267 e. The van der Waals surface area contributed by atoms with Gasteiger partial charge in [-0.15, -0.1) is 11.3 Å². The minimum atomic E-state index is -0.259. The van der Waals surface area contributed by atoms with Crippen molar-refractivity contribution in [1.82, 2.24) is 14.7 Å². The number of hydrogen-bond acceptors (Lipinski definition) is 4. The average molecular weight is 365 g/mol. The highest BCUT2D eigenvalue weighted by Gasteiger charge is 2.30. The number of aromatic nitrogens is 2. The van der Waals surface area contributed by atoms with Gasteiger partial charge in [0.15, 0.2) is 0 Å². The second-order valence-corrected chi connectivity index (χ2v) is 7.32. The normalized spacial score (nSPS) is 16.8. The summed E-state index contributed by atoms with van der Waals surface area (Å²) in [6.07, 6.45) is 1.96. The summed E-state index contributed by atoms with van der Waals surface area (Å²) < 4.78 is 1.27. The summed E-state index contributed by atoms with van der Waals surface area (Å²) in [6, 6.07) is 17.0. The first-order chi connectivity index (χ1) is 12.7. The van der Waals surface area contributed by atoms with Gasteiger partial charge in [0.2, 0.25) is 5.91 Å². The number of benzene rings is 1. The highest BCUT2D eigenvalue weighted by molar-refractivity contribution is 7.10. The van der Waals surface area contributed by atoms with E-state index in [-0.39, 0.29) is 24.1 Å². The van der Waals surface area contributed by atoms with Crippen molar-refractivity contribution in [3.05, 3.63) is 75.2 Å². The molecule has 2 aromatic heterocycles. The lowest BCUT2D eigenvalue weighted by Gasteiger charge is -2.24. The number of carbonyl (C=O) groups is 1. The summed E-state index contributed by atoms with van der Waals surface area (Å²) in [7, 11) is 0. The average Bonchev–Trinajstić information content (AvgIpc) is 3.35. The Morgan fingerprint density at radius 3 is 2.73 bits per heavy atom. The van der Waals surface area contributed by atoms with E-state index in [1.165, 1.54) is 15.6 Å². The van der Waals surface area contributed by atoms with Crippen molar-refractivity contribution in [2.24, 2.45) is 0 Å². The van der Waals surface area contributed by atoms with Crippen molar-refractivity contribution >= 4 is 17.2 Å². The van der Waals surface area contributed by atoms with Crippen molar-refractivity contribution in [2.75, 3.05) is 6.54 Å². The summed E-state index contributed by atoms with van der Waals surface area (Å²) in [6.45, 7) is 0.704. The van der Waals surface area contributed by atoms with Crippen LogP contribution in [0.5, 0.6) is 0 Å². The molecule has 0 N–H and O–H groups in total. The largest absolute Gasteiger partial charge is 0.333 e. The minimum absolute atomic E-state index is 0.0264. The van der Waals surface area contributed by atoms with E-state index in [1.54, 1.807) is 17.4 Å². The molecule has 4 rings (SSSR count). The molecule has 0 spiro atoms. The molecule has 0 saturated carbocycles. The molecule has 0 radical (unpaired) electrons. The molecule has 1 saturated heterocycles. The molecule has 1 aromatic carbocycles. The number of likely N-dealkylation sites (tertiary alicyclic amines) is 1. The third-order valence-electron chi connectivity index (χ3n) is 4.67. The van der Waals surface area contributed by atoms with Crippen molar-refractivity contribution in [3.63, 3.8) is 0 Å². The molecule has 6 heteroatoms. The van der Waals surface area contributed by atoms with Gasteiger partial charge >= 0.3 is 0 Å². The van der Waals surface area contributed by atoms with E-state index in [2.05, 4.69) is 11.2 Å². The van der Waals surface area contributed by atoms with Crippen LogP contribution in [0.4, 0.5) is 0 Å². The van der Waals surface area contributed by atoms with Crippen LogP contribution in [0, 0.1) is 0 Å². The minimum Gasteiger partial charge on any atom is -0.333 e. The molecule has 0 bridgehead atoms. The molecule has 0 aliphatic carbocycles. The van der Waals surface area contributed by atoms with E-state index in [4.69, 9.17) is 0 Å². The predicted octanol–water partition coefficient (Wildman–Crippen LogP) is 3.34. The van der Waals surface area contributed by atoms with Crippen LogP contribution in [0.3, 0.4) is 0 Å². The van der Waals surface area contributed by atoms with Crippen LogP contribution < -0.4 is 5.56 Å². The first kappa shape index (κ1) is 16.7. The fourth-order valence-electron chi connectivity index (χ4n) is 3.39. The molecule has 3 heterocycles. The van der Waals surface area contributed by atoms with Crippen LogP contribution in [0.2, 0.25) is 0 Å². The molecule has 1 aliphatic rings. The summed E-state index contributed by atoms with van der Waals surface area (Å²) in [5.41, 5.74) is 1.35. The molecule has 1 aliphatic heterocycles. The molecule has 1 fully saturated rings. The highest BCUT2D eigenvalue weighted by Crippen LogP contribution is 2.34. The van der Waals surface area contributed by atoms with Crippen LogP contribution in [0.1, 0.15) is 23.8 Å². The zero-order chi connectivity index (χ0) is 17.9. The Morgan fingerprint density at radius 1 is 1.12 bits per heavy atom. The van der Waals surface area contributed by atoms with Gasteiger partial charge in [0.05, 0.1) is 11.7 Å². The lowest BCUT2D eigenvalue weighted by molar-refractivity contribution is -0.133. The van der Waals surface area contributed by atoms with Crippen LogP contribution in [-0.2, 0) is 11.3 Å². The summed E-state index contributed by atoms with van der Waals surface area (Å²) >= 11 is 1.67. The van der Waals surface area contributed by atoms with Crippen molar-refractivity contribution in [1.29, 1.82) is 0 Å². The lowest BCUT2D eigenvalue weighted by Crippen LogP contribution is -2.36. The van der Waals surface area contributed by atoms with Gasteiger partial charge in [-0.05, 0) is 30.4 Å². The van der Waals surface area contributed by atoms with E-state index >= 15 is 0 Å². The van der Waals surface area contributed by atoms with E-state index in [1.807, 2.05) is 46.7 Å². The second kappa shape index (κ2) is 7.25. The maximum absolute atomic E-state index is 12.9. The Kier molecular flexibility index (Phi) is 4.67. The fraction of sp³-hybridized carbons (Fsp3) is 0.250. The quantitative estimate of drug-likeness (QED) is 0.713. The number of carbonyl (C=O) groups excluding carboxylic acids is 1. The molecule has 26 heavy (non-hydrogen) atoms. The zero-order valence-electron chi connectivity index (χ0n) is 14.2. The third kappa shape index (κ3) is 3.32. The van der Waals surface area contributed by atoms with Gasteiger partial charge in [0.1, 0.15) is 6.54 Å². The van der Waals surface area contributed by atoms with Gasteiger partial charge in [-0.25, -0.2) is 4.68 Å². The van der Waals surface area contributed by atoms with Crippen molar-refractivity contribution in [3.8, 4) is 11.3 Å². The Morgan fingerprint density at radius 2 is 1.96 bits per heavy atom. The maximum atomic E-state index is 12.9. The Bertz CT molecular complexity index is 951. The topological polar surface area (TPSA) is 55.2 Å². The van der Waals surface area contributed by atoms with Crippen molar-refractivity contribution < 1.29 is 4.79 Å². The number of thiophene rings is 1. The summed E-state index contributed by atoms with van der Waals surface area (Å²) in [5, 5.41) is 6.43. The van der Waals surface area contributed by atoms with Gasteiger partial charge < -0.3 is 4.90 Å². The monoisotopic (exact) mass is 365 g/mol. The zero-order valence-corrected chi connectivity index (χ0v) is 15.1. The number of nitrogens with zero attached hydrogens (tertiary/aromatic N) is 3. The standard InChI is InChI=1S/C20H19N3O2S/c24-19-11-10-16(15-6-2-1-3-7-15)21-23(19)14-20(25)22-12-4-8-17(22)18-9-5-13-26-18/h1-3,5-7,9-11,13,17H,4,8,12,14H2/t17-/m0/s1. The molecule has 5 nitrogen and oxygen atoms in total. The molecular weight excluding hydrogens is 346 g/mol. The number of hydrogen-bond donors (Lipinski definition) is 0. The Balaban J connectivity index is 1.57. The van der Waals surface area contributed by atoms with Gasteiger partial charge in [0.25, 0.3) is 5.56 Å². The Hall–Kier alpha value is -2.73. The van der Waals surface area contributed by atoms with Gasteiger partial charge in [-0.2, -0.15) is 5.10 Å². The van der Waals surface area contributed by atoms with Crippen LogP contribution in [0.15, 0.2) is 64.8 Å². The number of rotatable bonds is 4. The van der Waals surface area contributed by atoms with Gasteiger partial charge in [0, 0.05) is 23.1 Å². The van der Waals surface area contributed by atoms with Crippen LogP contribution >= 0.6 is 11.3 Å². The summed E-state index contributed by atoms with van der Waals surface area (Å²) in [4.78, 5) is 28.1. The van der Waals surface area contributed by atoms with E-state index < -0.39 is 0 Å². The molecule has 3 aromatic rings. The Labute approximate surface area is 155 Å². The van der Waals surface area contributed by atoms with E-state index in [0.717, 1.165) is 24.9 Å².